The van der Waals surface area contributed by atoms with Gasteiger partial charge < -0.3 is 13.9 Å². The number of benzene rings is 10. The number of hydrogen-bond acceptors (Lipinski definition) is 2. The lowest BCUT2D eigenvalue weighted by molar-refractivity contribution is 0.669. The van der Waals surface area contributed by atoms with Crippen molar-refractivity contribution in [2.45, 2.75) is 0 Å². The fourth-order valence-electron chi connectivity index (χ4n) is 9.41. The Morgan fingerprint density at radius 1 is 0.302 bits per heavy atom. The molecule has 0 atom stereocenters. The van der Waals surface area contributed by atoms with Crippen molar-refractivity contribution in [2.75, 3.05) is 4.90 Å². The molecule has 296 valence electrons. The van der Waals surface area contributed by atoms with E-state index in [1.165, 1.54) is 38.5 Å². The predicted molar refractivity (Wildman–Crippen MR) is 264 cm³/mol. The lowest BCUT2D eigenvalue weighted by Gasteiger charge is -2.28. The first-order chi connectivity index (χ1) is 31.2. The maximum Gasteiger partial charge on any atom is 0.136 e. The van der Waals surface area contributed by atoms with Gasteiger partial charge in [-0.1, -0.05) is 176 Å². The van der Waals surface area contributed by atoms with E-state index >= 15 is 0 Å². The first kappa shape index (κ1) is 36.5. The minimum absolute atomic E-state index is 0.896. The Labute approximate surface area is 366 Å². The zero-order valence-electron chi connectivity index (χ0n) is 34.4. The molecule has 0 fully saturated rings. The minimum Gasteiger partial charge on any atom is -0.456 e. The second kappa shape index (κ2) is 15.3. The normalized spacial score (nSPS) is 11.5. The molecule has 2 aromatic heterocycles. The molecule has 0 bridgehead atoms. The number of hydrogen-bond donors (Lipinski definition) is 0. The summed E-state index contributed by atoms with van der Waals surface area (Å²) in [7, 11) is 0. The molecule has 3 heteroatoms. The Balaban J connectivity index is 0.968. The van der Waals surface area contributed by atoms with Crippen molar-refractivity contribution < 1.29 is 4.42 Å². The number of furan rings is 1. The van der Waals surface area contributed by atoms with Crippen molar-refractivity contribution in [1.29, 1.82) is 0 Å². The van der Waals surface area contributed by atoms with E-state index in [4.69, 9.17) is 4.42 Å². The second-order valence-electron chi connectivity index (χ2n) is 16.1. The van der Waals surface area contributed by atoms with Crippen LogP contribution in [-0.2, 0) is 0 Å². The van der Waals surface area contributed by atoms with Crippen LogP contribution in [0.1, 0.15) is 0 Å². The van der Waals surface area contributed by atoms with Crippen molar-refractivity contribution in [2.24, 2.45) is 0 Å². The smallest absolute Gasteiger partial charge is 0.136 e. The average molecular weight is 805 g/mol. The summed E-state index contributed by atoms with van der Waals surface area (Å²) < 4.78 is 8.70. The van der Waals surface area contributed by atoms with E-state index < -0.39 is 0 Å². The minimum atomic E-state index is 0.896. The average Bonchev–Trinajstić information content (AvgIpc) is 3.90. The largest absolute Gasteiger partial charge is 0.456 e. The van der Waals surface area contributed by atoms with Gasteiger partial charge in [0.2, 0.25) is 0 Å². The van der Waals surface area contributed by atoms with Crippen molar-refractivity contribution in [1.82, 2.24) is 4.57 Å². The molecule has 0 radical (unpaired) electrons. The molecule has 12 aromatic rings. The van der Waals surface area contributed by atoms with E-state index in [9.17, 15) is 0 Å². The monoisotopic (exact) mass is 804 g/mol. The van der Waals surface area contributed by atoms with Crippen molar-refractivity contribution in [3.8, 4) is 50.2 Å². The topological polar surface area (TPSA) is 21.3 Å². The number of nitrogens with zero attached hydrogens (tertiary/aromatic N) is 2. The number of rotatable bonds is 8. The van der Waals surface area contributed by atoms with Gasteiger partial charge in [-0.25, -0.2) is 0 Å². The van der Waals surface area contributed by atoms with Crippen LogP contribution in [0.25, 0.3) is 93.9 Å². The summed E-state index contributed by atoms with van der Waals surface area (Å²) in [6.45, 7) is 0. The quantitative estimate of drug-likeness (QED) is 0.153. The molecular weight excluding hydrogens is 765 g/mol. The van der Waals surface area contributed by atoms with Gasteiger partial charge in [-0.15, -0.1) is 0 Å². The van der Waals surface area contributed by atoms with Crippen LogP contribution < -0.4 is 4.90 Å². The van der Waals surface area contributed by atoms with Gasteiger partial charge in [-0.05, 0) is 100 Å². The van der Waals surface area contributed by atoms with E-state index in [1.807, 2.05) is 12.1 Å². The van der Waals surface area contributed by atoms with Gasteiger partial charge in [-0.2, -0.15) is 0 Å². The van der Waals surface area contributed by atoms with E-state index in [0.717, 1.165) is 72.5 Å². The summed E-state index contributed by atoms with van der Waals surface area (Å²) >= 11 is 0. The maximum absolute atomic E-state index is 6.26. The molecule has 0 saturated carbocycles. The van der Waals surface area contributed by atoms with Crippen molar-refractivity contribution in [3.05, 3.63) is 243 Å². The van der Waals surface area contributed by atoms with Crippen LogP contribution in [0.5, 0.6) is 0 Å². The molecule has 63 heavy (non-hydrogen) atoms. The molecule has 2 heterocycles. The molecule has 0 aliphatic heterocycles. The van der Waals surface area contributed by atoms with E-state index in [1.54, 1.807) is 0 Å². The highest BCUT2D eigenvalue weighted by molar-refractivity contribution is 6.10. The third-order valence-corrected chi connectivity index (χ3v) is 12.4. The molecule has 0 saturated heterocycles. The molecule has 0 aliphatic rings. The van der Waals surface area contributed by atoms with Crippen LogP contribution in [-0.4, -0.2) is 4.57 Å². The zero-order chi connectivity index (χ0) is 41.7. The van der Waals surface area contributed by atoms with Gasteiger partial charge in [-0.3, -0.25) is 0 Å². The highest BCUT2D eigenvalue weighted by Gasteiger charge is 2.20. The maximum atomic E-state index is 6.26. The van der Waals surface area contributed by atoms with Crippen LogP contribution >= 0.6 is 0 Å². The van der Waals surface area contributed by atoms with Gasteiger partial charge in [0.05, 0.1) is 22.4 Å². The van der Waals surface area contributed by atoms with E-state index in [2.05, 4.69) is 240 Å². The van der Waals surface area contributed by atoms with Crippen LogP contribution in [0.2, 0.25) is 0 Å². The molecule has 3 nitrogen and oxygen atoms in total. The number of anilines is 3. The fourth-order valence-corrected chi connectivity index (χ4v) is 9.41. The molecule has 10 aromatic carbocycles. The van der Waals surface area contributed by atoms with Crippen LogP contribution in [0.3, 0.4) is 0 Å². The number of fused-ring (bicyclic) bond motifs is 6. The molecule has 12 rings (SSSR count). The predicted octanol–water partition coefficient (Wildman–Crippen LogP) is 16.8. The summed E-state index contributed by atoms with van der Waals surface area (Å²) in [6, 6.07) is 87.2. The molecule has 0 amide bonds. The highest BCUT2D eigenvalue weighted by atomic mass is 16.3. The highest BCUT2D eigenvalue weighted by Crippen LogP contribution is 2.43. The Hall–Kier alpha value is -8.40. The zero-order valence-corrected chi connectivity index (χ0v) is 34.4. The molecule has 0 N–H and O–H groups in total. The fraction of sp³-hybridized carbons (Fsp3) is 0. The summed E-state index contributed by atoms with van der Waals surface area (Å²) in [5.41, 5.74) is 17.8. The summed E-state index contributed by atoms with van der Waals surface area (Å²) in [6.07, 6.45) is 0. The van der Waals surface area contributed by atoms with Crippen molar-refractivity contribution >= 4 is 60.8 Å². The first-order valence-electron chi connectivity index (χ1n) is 21.5. The van der Waals surface area contributed by atoms with Gasteiger partial charge in [0.1, 0.15) is 11.2 Å². The lowest BCUT2D eigenvalue weighted by Crippen LogP contribution is -2.11. The number of aromatic nitrogens is 1. The van der Waals surface area contributed by atoms with Gasteiger partial charge in [0, 0.05) is 44.0 Å². The van der Waals surface area contributed by atoms with Crippen LogP contribution in [0, 0.1) is 0 Å². The summed E-state index contributed by atoms with van der Waals surface area (Å²) in [4.78, 5) is 2.38. The third kappa shape index (κ3) is 6.38. The Morgan fingerprint density at radius 3 is 1.43 bits per heavy atom. The van der Waals surface area contributed by atoms with Crippen LogP contribution in [0.15, 0.2) is 247 Å². The Bertz CT molecular complexity index is 3550. The standard InChI is InChI=1S/C60H40N2O/c1-3-15-43(16-4-1)49-19-7-11-23-55(49)61(48-35-29-42(30-36-48)46-32-38-54-53-22-10-14-26-59(53)63-60(54)40-46)47-33-27-41(28-34-47)45-31-37-50(44-17-5-2-6-18-44)58(39-45)62-56-24-12-8-20-51(56)52-21-9-13-25-57(52)62/h1-40H. The second-order valence-corrected chi connectivity index (χ2v) is 16.1. The van der Waals surface area contributed by atoms with E-state index in [0.29, 0.717) is 0 Å². The van der Waals surface area contributed by atoms with Crippen LogP contribution in [0.4, 0.5) is 17.1 Å². The Kier molecular flexibility index (Phi) is 8.83. The third-order valence-electron chi connectivity index (χ3n) is 12.4. The van der Waals surface area contributed by atoms with Gasteiger partial charge >= 0.3 is 0 Å². The summed E-state index contributed by atoms with van der Waals surface area (Å²) in [5, 5.41) is 4.77. The number of para-hydroxylation sites is 4. The molecule has 0 aliphatic carbocycles. The van der Waals surface area contributed by atoms with E-state index in [-0.39, 0.29) is 0 Å². The molecule has 0 spiro atoms. The molecular formula is C60H40N2O. The lowest BCUT2D eigenvalue weighted by atomic mass is 9.97. The summed E-state index contributed by atoms with van der Waals surface area (Å²) in [5.74, 6) is 0. The molecule has 0 unspecified atom stereocenters. The van der Waals surface area contributed by atoms with Crippen molar-refractivity contribution in [3.63, 3.8) is 0 Å². The Morgan fingerprint density at radius 2 is 0.778 bits per heavy atom. The first-order valence-corrected chi connectivity index (χ1v) is 21.5. The van der Waals surface area contributed by atoms with Gasteiger partial charge in [0.25, 0.3) is 0 Å². The SMILES string of the molecule is c1ccc(-c2ccccc2N(c2ccc(-c3ccc(-c4ccccc4)c(-n4c5ccccc5c5ccccc54)c3)cc2)c2ccc(-c3ccc4c(c3)oc3ccccc34)cc2)cc1. The van der Waals surface area contributed by atoms with Gasteiger partial charge in [0.15, 0.2) is 0 Å².